The standard InChI is InChI=1S/C8H5ClIN5O2/c9-5-1-4(13-10)2-11-7(5)15-12-3-6(14-15)8(16)17/h1-3,13H,(H,16,17). The van der Waals surface area contributed by atoms with Gasteiger partial charge in [0.15, 0.2) is 11.5 Å². The molecule has 0 amide bonds. The van der Waals surface area contributed by atoms with Gasteiger partial charge in [-0.1, -0.05) is 11.6 Å². The summed E-state index contributed by atoms with van der Waals surface area (Å²) >= 11 is 7.92. The second-order valence-corrected chi connectivity index (χ2v) is 3.89. The Labute approximate surface area is 114 Å². The third-order valence-corrected chi connectivity index (χ3v) is 2.73. The highest BCUT2D eigenvalue weighted by Gasteiger charge is 2.12. The van der Waals surface area contributed by atoms with Gasteiger partial charge in [0.25, 0.3) is 0 Å². The van der Waals surface area contributed by atoms with Crippen molar-refractivity contribution in [2.75, 3.05) is 3.53 Å². The van der Waals surface area contributed by atoms with Crippen LogP contribution in [0.5, 0.6) is 0 Å². The molecule has 0 aliphatic rings. The van der Waals surface area contributed by atoms with Crippen LogP contribution in [0.1, 0.15) is 10.5 Å². The van der Waals surface area contributed by atoms with E-state index in [-0.39, 0.29) is 11.5 Å². The van der Waals surface area contributed by atoms with Gasteiger partial charge in [-0.3, -0.25) is 0 Å². The number of hydrogen-bond acceptors (Lipinski definition) is 5. The van der Waals surface area contributed by atoms with Crippen molar-refractivity contribution in [1.29, 1.82) is 0 Å². The number of rotatable bonds is 3. The largest absolute Gasteiger partial charge is 0.476 e. The van der Waals surface area contributed by atoms with Crippen LogP contribution in [0, 0.1) is 0 Å². The van der Waals surface area contributed by atoms with Crippen LogP contribution in [-0.4, -0.2) is 31.1 Å². The summed E-state index contributed by atoms with van der Waals surface area (Å²) in [4.78, 5) is 15.8. The smallest absolute Gasteiger partial charge is 0.358 e. The third-order valence-electron chi connectivity index (χ3n) is 1.83. The molecule has 17 heavy (non-hydrogen) atoms. The summed E-state index contributed by atoms with van der Waals surface area (Å²) in [7, 11) is 0. The minimum atomic E-state index is -1.15. The SMILES string of the molecule is O=C(O)c1cnn(-c2ncc(NI)cc2Cl)n1. The van der Waals surface area contributed by atoms with Crippen LogP contribution in [0.2, 0.25) is 5.02 Å². The Kier molecular flexibility index (Phi) is 3.43. The molecule has 2 heterocycles. The molecule has 0 unspecified atom stereocenters. The van der Waals surface area contributed by atoms with E-state index >= 15 is 0 Å². The second-order valence-electron chi connectivity index (χ2n) is 2.95. The van der Waals surface area contributed by atoms with Crippen molar-refractivity contribution in [3.8, 4) is 5.82 Å². The molecule has 2 N–H and O–H groups in total. The molecule has 7 nitrogen and oxygen atoms in total. The number of carbonyl (C=O) groups is 1. The van der Waals surface area contributed by atoms with Crippen LogP contribution in [0.4, 0.5) is 5.69 Å². The number of aromatic carboxylic acids is 1. The van der Waals surface area contributed by atoms with Gasteiger partial charge in [-0.05, 0) is 6.07 Å². The van der Waals surface area contributed by atoms with Crippen LogP contribution >= 0.6 is 34.5 Å². The molecule has 0 fully saturated rings. The molecule has 0 radical (unpaired) electrons. The lowest BCUT2D eigenvalue weighted by molar-refractivity contribution is 0.0690. The first-order valence-electron chi connectivity index (χ1n) is 4.30. The zero-order valence-corrected chi connectivity index (χ0v) is 11.0. The number of carboxylic acid groups (broad SMARTS) is 1. The van der Waals surface area contributed by atoms with Gasteiger partial charge in [0, 0.05) is 0 Å². The zero-order valence-electron chi connectivity index (χ0n) is 8.13. The summed E-state index contributed by atoms with van der Waals surface area (Å²) in [5.41, 5.74) is 0.559. The molecule has 0 saturated heterocycles. The number of aromatic nitrogens is 4. The number of hydrogen-bond donors (Lipinski definition) is 2. The molecule has 0 saturated carbocycles. The molecule has 88 valence electrons. The molecule has 2 aromatic heterocycles. The number of halogens is 2. The van der Waals surface area contributed by atoms with Crippen molar-refractivity contribution in [1.82, 2.24) is 20.0 Å². The lowest BCUT2D eigenvalue weighted by atomic mass is 10.4. The van der Waals surface area contributed by atoms with Crippen molar-refractivity contribution in [2.24, 2.45) is 0 Å². The number of nitrogens with one attached hydrogen (secondary N) is 1. The van der Waals surface area contributed by atoms with Crippen molar-refractivity contribution in [3.63, 3.8) is 0 Å². The average Bonchev–Trinajstić information content (AvgIpc) is 2.78. The van der Waals surface area contributed by atoms with Gasteiger partial charge in [-0.2, -0.15) is 5.10 Å². The van der Waals surface area contributed by atoms with E-state index in [9.17, 15) is 4.79 Å². The van der Waals surface area contributed by atoms with Gasteiger partial charge in [-0.25, -0.2) is 9.78 Å². The highest BCUT2D eigenvalue weighted by atomic mass is 127. The molecule has 2 rings (SSSR count). The van der Waals surface area contributed by atoms with Crippen LogP contribution in [0.25, 0.3) is 5.82 Å². The number of nitrogens with zero attached hydrogens (tertiary/aromatic N) is 4. The highest BCUT2D eigenvalue weighted by Crippen LogP contribution is 2.21. The van der Waals surface area contributed by atoms with Gasteiger partial charge >= 0.3 is 5.97 Å². The molecule has 0 aliphatic heterocycles. The van der Waals surface area contributed by atoms with Crippen molar-refractivity contribution in [3.05, 3.63) is 29.2 Å². The first-order chi connectivity index (χ1) is 8.11. The van der Waals surface area contributed by atoms with E-state index in [1.54, 1.807) is 6.07 Å². The van der Waals surface area contributed by atoms with Gasteiger partial charge < -0.3 is 8.64 Å². The molecule has 0 aromatic carbocycles. The summed E-state index contributed by atoms with van der Waals surface area (Å²) in [5, 5.41) is 16.5. The summed E-state index contributed by atoms with van der Waals surface area (Å²) in [6.07, 6.45) is 2.67. The van der Waals surface area contributed by atoms with Crippen LogP contribution in [0.15, 0.2) is 18.5 Å². The van der Waals surface area contributed by atoms with E-state index in [4.69, 9.17) is 16.7 Å². The third kappa shape index (κ3) is 2.47. The predicted octanol–water partition coefficient (Wildman–Crippen LogP) is 1.78. The summed E-state index contributed by atoms with van der Waals surface area (Å²) in [6.45, 7) is 0. The van der Waals surface area contributed by atoms with Gasteiger partial charge in [0.1, 0.15) is 0 Å². The Bertz CT molecular complexity index is 573. The summed E-state index contributed by atoms with van der Waals surface area (Å²) < 4.78 is 2.85. The lowest BCUT2D eigenvalue weighted by Gasteiger charge is -2.03. The summed E-state index contributed by atoms with van der Waals surface area (Å²) in [5.74, 6) is -0.882. The maximum atomic E-state index is 10.7. The molecule has 0 atom stereocenters. The maximum absolute atomic E-state index is 10.7. The average molecular weight is 366 g/mol. The topological polar surface area (TPSA) is 92.9 Å². The maximum Gasteiger partial charge on any atom is 0.358 e. The minimum absolute atomic E-state index is 0.168. The predicted molar refractivity (Wildman–Crippen MR) is 68.8 cm³/mol. The number of pyridine rings is 1. The van der Waals surface area contributed by atoms with Crippen LogP contribution < -0.4 is 3.53 Å². The number of carboxylic acids is 1. The fourth-order valence-electron chi connectivity index (χ4n) is 1.09. The van der Waals surface area contributed by atoms with Gasteiger partial charge in [0.2, 0.25) is 0 Å². The minimum Gasteiger partial charge on any atom is -0.476 e. The molecule has 9 heteroatoms. The first kappa shape index (κ1) is 12.0. The first-order valence-corrected chi connectivity index (χ1v) is 5.75. The zero-order chi connectivity index (χ0) is 12.4. The van der Waals surface area contributed by atoms with Crippen molar-refractivity contribution >= 4 is 46.1 Å². The second kappa shape index (κ2) is 4.84. The van der Waals surface area contributed by atoms with Gasteiger partial charge in [0.05, 0.1) is 46.0 Å². The van der Waals surface area contributed by atoms with Crippen molar-refractivity contribution in [2.45, 2.75) is 0 Å². The molecular formula is C8H5ClIN5O2. The molecule has 2 aromatic rings. The fraction of sp³-hybridized carbons (Fsp3) is 0. The van der Waals surface area contributed by atoms with Crippen LogP contribution in [0.3, 0.4) is 0 Å². The lowest BCUT2D eigenvalue weighted by Crippen LogP contribution is -2.05. The Balaban J connectivity index is 2.42. The van der Waals surface area contributed by atoms with Gasteiger partial charge in [-0.15, -0.1) is 9.90 Å². The van der Waals surface area contributed by atoms with E-state index < -0.39 is 5.97 Å². The van der Waals surface area contributed by atoms with E-state index in [0.717, 1.165) is 16.7 Å². The quantitative estimate of drug-likeness (QED) is 0.636. The van der Waals surface area contributed by atoms with E-state index in [1.165, 1.54) is 6.20 Å². The molecule has 0 aliphatic carbocycles. The Hall–Kier alpha value is -1.42. The molecule has 0 spiro atoms. The molecular weight excluding hydrogens is 360 g/mol. The van der Waals surface area contributed by atoms with E-state index in [2.05, 4.69) is 18.7 Å². The Morgan fingerprint density at radius 3 is 2.82 bits per heavy atom. The van der Waals surface area contributed by atoms with E-state index in [1.807, 2.05) is 22.9 Å². The fourth-order valence-corrected chi connectivity index (χ4v) is 1.63. The monoisotopic (exact) mass is 365 g/mol. The normalized spacial score (nSPS) is 10.2. The van der Waals surface area contributed by atoms with Crippen LogP contribution in [-0.2, 0) is 0 Å². The highest BCUT2D eigenvalue weighted by molar-refractivity contribution is 14.1. The Morgan fingerprint density at radius 2 is 2.29 bits per heavy atom. The van der Waals surface area contributed by atoms with E-state index in [0.29, 0.717) is 5.02 Å². The van der Waals surface area contributed by atoms with Crippen molar-refractivity contribution < 1.29 is 9.90 Å². The number of anilines is 1. The summed E-state index contributed by atoms with van der Waals surface area (Å²) in [6, 6.07) is 1.64. The molecule has 0 bridgehead atoms. The Morgan fingerprint density at radius 1 is 1.53 bits per heavy atom.